The van der Waals surface area contributed by atoms with Gasteiger partial charge < -0.3 is 4.74 Å². The Labute approximate surface area is 99.1 Å². The van der Waals surface area contributed by atoms with E-state index in [-0.39, 0.29) is 5.78 Å². The zero-order valence-corrected chi connectivity index (χ0v) is 10.8. The SMILES string of the molecule is CCOC(CC)(CC)C(=O)C1=CCCCC1. The van der Waals surface area contributed by atoms with E-state index < -0.39 is 5.60 Å². The van der Waals surface area contributed by atoms with Gasteiger partial charge in [0.25, 0.3) is 0 Å². The van der Waals surface area contributed by atoms with Crippen LogP contribution in [0, 0.1) is 0 Å². The van der Waals surface area contributed by atoms with Crippen LogP contribution in [-0.4, -0.2) is 18.0 Å². The van der Waals surface area contributed by atoms with E-state index in [1.165, 1.54) is 6.42 Å². The summed E-state index contributed by atoms with van der Waals surface area (Å²) >= 11 is 0. The van der Waals surface area contributed by atoms with E-state index in [1.54, 1.807) is 0 Å². The van der Waals surface area contributed by atoms with Crippen molar-refractivity contribution in [2.24, 2.45) is 0 Å². The van der Waals surface area contributed by atoms with E-state index in [0.29, 0.717) is 6.61 Å². The van der Waals surface area contributed by atoms with E-state index in [2.05, 4.69) is 6.08 Å². The van der Waals surface area contributed by atoms with E-state index in [0.717, 1.165) is 37.7 Å². The lowest BCUT2D eigenvalue weighted by Crippen LogP contribution is -2.41. The summed E-state index contributed by atoms with van der Waals surface area (Å²) in [4.78, 5) is 12.5. The first kappa shape index (κ1) is 13.4. The summed E-state index contributed by atoms with van der Waals surface area (Å²) in [5.41, 5.74) is 0.446. The minimum absolute atomic E-state index is 0.235. The maximum absolute atomic E-state index is 12.5. The number of hydrogen-bond donors (Lipinski definition) is 0. The Kier molecular flexibility index (Phi) is 5.20. The van der Waals surface area contributed by atoms with Gasteiger partial charge >= 0.3 is 0 Å². The van der Waals surface area contributed by atoms with Crippen LogP contribution in [0.3, 0.4) is 0 Å². The van der Waals surface area contributed by atoms with Gasteiger partial charge in [-0.1, -0.05) is 19.9 Å². The van der Waals surface area contributed by atoms with Crippen LogP contribution >= 0.6 is 0 Å². The number of hydrogen-bond acceptors (Lipinski definition) is 2. The quantitative estimate of drug-likeness (QED) is 0.688. The Morgan fingerprint density at radius 1 is 1.31 bits per heavy atom. The zero-order chi connectivity index (χ0) is 12.0. The maximum Gasteiger partial charge on any atom is 0.190 e. The molecule has 0 N–H and O–H groups in total. The second-order valence-corrected chi connectivity index (χ2v) is 4.44. The van der Waals surface area contributed by atoms with Crippen LogP contribution in [0.4, 0.5) is 0 Å². The molecule has 0 atom stereocenters. The Bertz CT molecular complexity index is 262. The zero-order valence-electron chi connectivity index (χ0n) is 10.8. The Balaban J connectivity index is 2.84. The molecule has 0 aromatic heterocycles. The fourth-order valence-electron chi connectivity index (χ4n) is 2.45. The molecule has 1 aliphatic carbocycles. The van der Waals surface area contributed by atoms with Crippen molar-refractivity contribution in [1.82, 2.24) is 0 Å². The van der Waals surface area contributed by atoms with Crippen LogP contribution in [0.5, 0.6) is 0 Å². The molecule has 0 heterocycles. The number of carbonyl (C=O) groups excluding carboxylic acids is 1. The lowest BCUT2D eigenvalue weighted by Gasteiger charge is -2.31. The number of allylic oxidation sites excluding steroid dienone is 1. The molecule has 2 nitrogen and oxygen atoms in total. The monoisotopic (exact) mass is 224 g/mol. The van der Waals surface area contributed by atoms with Crippen molar-refractivity contribution in [3.05, 3.63) is 11.6 Å². The van der Waals surface area contributed by atoms with Gasteiger partial charge in [-0.3, -0.25) is 4.79 Å². The molecule has 92 valence electrons. The summed E-state index contributed by atoms with van der Waals surface area (Å²) in [7, 11) is 0. The fourth-order valence-corrected chi connectivity index (χ4v) is 2.45. The van der Waals surface area contributed by atoms with Gasteiger partial charge in [-0.25, -0.2) is 0 Å². The minimum atomic E-state index is -0.558. The number of ether oxygens (including phenoxy) is 1. The first-order valence-electron chi connectivity index (χ1n) is 6.58. The van der Waals surface area contributed by atoms with Crippen molar-refractivity contribution in [2.45, 2.75) is 64.9 Å². The minimum Gasteiger partial charge on any atom is -0.367 e. The number of carbonyl (C=O) groups is 1. The molecular formula is C14H24O2. The molecular weight excluding hydrogens is 200 g/mol. The van der Waals surface area contributed by atoms with Crippen molar-refractivity contribution in [2.75, 3.05) is 6.61 Å². The molecule has 0 amide bonds. The van der Waals surface area contributed by atoms with Crippen molar-refractivity contribution in [3.63, 3.8) is 0 Å². The first-order chi connectivity index (χ1) is 7.70. The van der Waals surface area contributed by atoms with Crippen molar-refractivity contribution in [3.8, 4) is 0 Å². The lowest BCUT2D eigenvalue weighted by molar-refractivity contribution is -0.141. The Hall–Kier alpha value is -0.630. The van der Waals surface area contributed by atoms with Crippen LogP contribution in [0.2, 0.25) is 0 Å². The predicted octanol–water partition coefficient (Wildman–Crippen LogP) is 3.65. The smallest absolute Gasteiger partial charge is 0.190 e. The van der Waals surface area contributed by atoms with Crippen molar-refractivity contribution in [1.29, 1.82) is 0 Å². The van der Waals surface area contributed by atoms with Crippen LogP contribution in [0.1, 0.15) is 59.3 Å². The lowest BCUT2D eigenvalue weighted by atomic mass is 9.83. The van der Waals surface area contributed by atoms with Gasteiger partial charge in [0, 0.05) is 6.61 Å². The third-order valence-corrected chi connectivity index (χ3v) is 3.56. The highest BCUT2D eigenvalue weighted by molar-refractivity contribution is 6.01. The van der Waals surface area contributed by atoms with Gasteiger partial charge in [0.1, 0.15) is 5.60 Å². The number of rotatable bonds is 6. The average Bonchev–Trinajstić information content (AvgIpc) is 2.36. The Morgan fingerprint density at radius 2 is 2.00 bits per heavy atom. The molecule has 1 rings (SSSR count). The van der Waals surface area contributed by atoms with Gasteiger partial charge in [-0.05, 0) is 51.0 Å². The molecule has 0 spiro atoms. The Morgan fingerprint density at radius 3 is 2.44 bits per heavy atom. The summed E-state index contributed by atoms with van der Waals surface area (Å²) in [6.07, 6.45) is 8.01. The highest BCUT2D eigenvalue weighted by Crippen LogP contribution is 2.29. The van der Waals surface area contributed by atoms with E-state index in [4.69, 9.17) is 4.74 Å². The molecule has 0 radical (unpaired) electrons. The van der Waals surface area contributed by atoms with E-state index in [1.807, 2.05) is 20.8 Å². The number of Topliss-reactive ketones (excluding diaryl/α,β-unsaturated/α-hetero) is 1. The second-order valence-electron chi connectivity index (χ2n) is 4.44. The van der Waals surface area contributed by atoms with E-state index in [9.17, 15) is 4.79 Å². The molecule has 0 aromatic carbocycles. The third-order valence-electron chi connectivity index (χ3n) is 3.56. The molecule has 0 fully saturated rings. The van der Waals surface area contributed by atoms with Gasteiger partial charge in [0.05, 0.1) is 0 Å². The van der Waals surface area contributed by atoms with Crippen molar-refractivity contribution < 1.29 is 9.53 Å². The average molecular weight is 224 g/mol. The topological polar surface area (TPSA) is 26.3 Å². The largest absolute Gasteiger partial charge is 0.367 e. The number of ketones is 1. The predicted molar refractivity (Wildman–Crippen MR) is 66.5 cm³/mol. The maximum atomic E-state index is 12.5. The molecule has 0 unspecified atom stereocenters. The summed E-state index contributed by atoms with van der Waals surface area (Å²) in [5, 5.41) is 0. The highest BCUT2D eigenvalue weighted by Gasteiger charge is 2.37. The summed E-state index contributed by atoms with van der Waals surface area (Å²) < 4.78 is 5.75. The van der Waals surface area contributed by atoms with E-state index >= 15 is 0 Å². The van der Waals surface area contributed by atoms with Crippen LogP contribution in [-0.2, 0) is 9.53 Å². The van der Waals surface area contributed by atoms with Crippen LogP contribution < -0.4 is 0 Å². The van der Waals surface area contributed by atoms with Gasteiger partial charge in [-0.15, -0.1) is 0 Å². The van der Waals surface area contributed by atoms with Gasteiger partial charge in [0.2, 0.25) is 0 Å². The molecule has 1 aliphatic rings. The second kappa shape index (κ2) is 6.19. The molecule has 0 saturated carbocycles. The summed E-state index contributed by atoms with van der Waals surface area (Å²) in [6, 6.07) is 0. The van der Waals surface area contributed by atoms with Crippen LogP contribution in [0.25, 0.3) is 0 Å². The molecule has 2 heteroatoms. The molecule has 16 heavy (non-hydrogen) atoms. The van der Waals surface area contributed by atoms with Crippen molar-refractivity contribution >= 4 is 5.78 Å². The molecule has 0 aliphatic heterocycles. The molecule has 0 saturated heterocycles. The normalized spacial score (nSPS) is 17.1. The standard InChI is InChI=1S/C14H24O2/c1-4-14(5-2,16-6-3)13(15)12-10-8-7-9-11-12/h10H,4-9,11H2,1-3H3. The fraction of sp³-hybridized carbons (Fsp3) is 0.786. The van der Waals surface area contributed by atoms with Gasteiger partial charge in [-0.2, -0.15) is 0 Å². The van der Waals surface area contributed by atoms with Gasteiger partial charge in [0.15, 0.2) is 5.78 Å². The third kappa shape index (κ3) is 2.73. The molecule has 0 bridgehead atoms. The molecule has 0 aromatic rings. The summed E-state index contributed by atoms with van der Waals surface area (Å²) in [5.74, 6) is 0.235. The highest BCUT2D eigenvalue weighted by atomic mass is 16.5. The summed E-state index contributed by atoms with van der Waals surface area (Å²) in [6.45, 7) is 6.66. The first-order valence-corrected chi connectivity index (χ1v) is 6.58. The van der Waals surface area contributed by atoms with Crippen LogP contribution in [0.15, 0.2) is 11.6 Å².